The number of aryl methyl sites for hydroxylation is 1. The Morgan fingerprint density at radius 2 is 1.92 bits per heavy atom. The summed E-state index contributed by atoms with van der Waals surface area (Å²) in [5.41, 5.74) is 9.00. The summed E-state index contributed by atoms with van der Waals surface area (Å²) in [5.74, 6) is -0.0741. The van der Waals surface area contributed by atoms with Crippen LogP contribution >= 0.6 is 11.6 Å². The number of hydrogen-bond acceptors (Lipinski definition) is 3. The van der Waals surface area contributed by atoms with Gasteiger partial charge < -0.3 is 15.6 Å². The highest BCUT2D eigenvalue weighted by atomic mass is 35.5. The van der Waals surface area contributed by atoms with E-state index in [1.54, 1.807) is 0 Å². The fraction of sp³-hybridized carbons (Fsp3) is 0.100. The second kappa shape index (κ2) is 6.35. The number of para-hydroxylation sites is 1. The van der Waals surface area contributed by atoms with Crippen molar-refractivity contribution in [1.29, 1.82) is 0 Å². The second-order valence-corrected chi connectivity index (χ2v) is 6.45. The van der Waals surface area contributed by atoms with Gasteiger partial charge >= 0.3 is 0 Å². The van der Waals surface area contributed by atoms with Crippen molar-refractivity contribution in [3.8, 4) is 0 Å². The van der Waals surface area contributed by atoms with Gasteiger partial charge in [-0.1, -0.05) is 29.8 Å². The van der Waals surface area contributed by atoms with Gasteiger partial charge in [0.1, 0.15) is 5.82 Å². The number of fused-ring (bicyclic) bond motifs is 3. The number of carbonyl (C=O) groups is 1. The van der Waals surface area contributed by atoms with Gasteiger partial charge in [-0.2, -0.15) is 0 Å². The summed E-state index contributed by atoms with van der Waals surface area (Å²) in [4.78, 5) is 16.4. The smallest absolute Gasteiger partial charge is 0.257 e. The van der Waals surface area contributed by atoms with E-state index in [9.17, 15) is 4.79 Å². The van der Waals surface area contributed by atoms with E-state index in [-0.39, 0.29) is 16.7 Å². The van der Waals surface area contributed by atoms with Crippen LogP contribution in [0.25, 0.3) is 21.8 Å². The largest absolute Gasteiger partial charge is 0.382 e. The highest BCUT2D eigenvalue weighted by Crippen LogP contribution is 2.31. The number of benzene rings is 2. The van der Waals surface area contributed by atoms with E-state index in [0.29, 0.717) is 5.56 Å². The predicted octanol–water partition coefficient (Wildman–Crippen LogP) is 4.70. The Hall–Kier alpha value is -3.05. The van der Waals surface area contributed by atoms with Crippen LogP contribution < -0.4 is 11.1 Å². The molecule has 0 aliphatic carbocycles. The molecule has 0 atom stereocenters. The summed E-state index contributed by atoms with van der Waals surface area (Å²) in [6.45, 7) is 3.00. The maximum atomic E-state index is 12.5. The van der Waals surface area contributed by atoms with Crippen LogP contribution in [0.5, 0.6) is 0 Å². The zero-order chi connectivity index (χ0) is 18.3. The molecule has 4 rings (SSSR count). The molecule has 0 aliphatic heterocycles. The van der Waals surface area contributed by atoms with Crippen LogP contribution in [0.1, 0.15) is 17.3 Å². The number of rotatable bonds is 3. The molecular formula is C20H17ClN4O. The standard InChI is InChI=1S/C20H17ClN4O/c1-2-25-17-6-4-3-5-14(17)15-10-13(7-8-18(15)25)24-20(26)12-9-16(21)19(22)23-11-12/h3-11H,2H2,1H3,(H2,22,23)(H,24,26). The second-order valence-electron chi connectivity index (χ2n) is 6.04. The van der Waals surface area contributed by atoms with Crippen molar-refractivity contribution in [2.75, 3.05) is 11.1 Å². The number of hydrogen-bond donors (Lipinski definition) is 2. The topological polar surface area (TPSA) is 72.9 Å². The van der Waals surface area contributed by atoms with Crippen molar-refractivity contribution < 1.29 is 4.79 Å². The third kappa shape index (κ3) is 2.66. The van der Waals surface area contributed by atoms with Gasteiger partial charge in [-0.3, -0.25) is 4.79 Å². The summed E-state index contributed by atoms with van der Waals surface area (Å²) < 4.78 is 2.26. The van der Waals surface area contributed by atoms with Crippen LogP contribution in [0.4, 0.5) is 11.5 Å². The fourth-order valence-electron chi connectivity index (χ4n) is 3.25. The Morgan fingerprint density at radius 3 is 2.69 bits per heavy atom. The lowest BCUT2D eigenvalue weighted by Gasteiger charge is -2.07. The number of nitrogens with zero attached hydrogens (tertiary/aromatic N) is 2. The van der Waals surface area contributed by atoms with E-state index in [0.717, 1.165) is 28.5 Å². The van der Waals surface area contributed by atoms with Gasteiger partial charge in [0.2, 0.25) is 0 Å². The number of anilines is 2. The number of halogens is 1. The van der Waals surface area contributed by atoms with E-state index in [2.05, 4.69) is 33.9 Å². The van der Waals surface area contributed by atoms with E-state index < -0.39 is 0 Å². The van der Waals surface area contributed by atoms with Crippen LogP contribution in [0.2, 0.25) is 5.02 Å². The summed E-state index contributed by atoms with van der Waals surface area (Å²) in [7, 11) is 0. The normalized spacial score (nSPS) is 11.2. The average molecular weight is 365 g/mol. The molecule has 6 heteroatoms. The minimum atomic E-state index is -0.280. The number of amides is 1. The van der Waals surface area contributed by atoms with Gasteiger partial charge in [-0.05, 0) is 37.3 Å². The molecule has 0 fully saturated rings. The van der Waals surface area contributed by atoms with Gasteiger partial charge in [0, 0.05) is 40.2 Å². The van der Waals surface area contributed by atoms with Crippen molar-refractivity contribution in [3.05, 3.63) is 65.3 Å². The molecule has 4 aromatic rings. The first-order valence-corrected chi connectivity index (χ1v) is 8.69. The Balaban J connectivity index is 1.74. The first kappa shape index (κ1) is 16.4. The predicted molar refractivity (Wildman–Crippen MR) is 107 cm³/mol. The molecule has 0 bridgehead atoms. The molecule has 2 aromatic heterocycles. The molecule has 0 saturated carbocycles. The molecule has 2 aromatic carbocycles. The van der Waals surface area contributed by atoms with Crippen LogP contribution in [0.3, 0.4) is 0 Å². The average Bonchev–Trinajstić information content (AvgIpc) is 2.97. The fourth-order valence-corrected chi connectivity index (χ4v) is 3.41. The van der Waals surface area contributed by atoms with Gasteiger partial charge in [-0.15, -0.1) is 0 Å². The lowest BCUT2D eigenvalue weighted by atomic mass is 10.1. The van der Waals surface area contributed by atoms with Crippen LogP contribution in [0.15, 0.2) is 54.7 Å². The number of nitrogens with two attached hydrogens (primary N) is 1. The number of carbonyl (C=O) groups excluding carboxylic acids is 1. The van der Waals surface area contributed by atoms with Crippen molar-refractivity contribution in [2.45, 2.75) is 13.5 Å². The van der Waals surface area contributed by atoms with Crippen LogP contribution in [-0.4, -0.2) is 15.5 Å². The molecule has 3 N–H and O–H groups in total. The molecule has 0 unspecified atom stereocenters. The minimum absolute atomic E-state index is 0.206. The Bertz CT molecular complexity index is 1150. The number of nitrogens with one attached hydrogen (secondary N) is 1. The SMILES string of the molecule is CCn1c2ccccc2c2cc(NC(=O)c3cnc(N)c(Cl)c3)ccc21. The third-order valence-corrected chi connectivity index (χ3v) is 4.78. The minimum Gasteiger partial charge on any atom is -0.382 e. The van der Waals surface area contributed by atoms with Crippen molar-refractivity contribution in [2.24, 2.45) is 0 Å². The number of pyridine rings is 1. The third-order valence-electron chi connectivity index (χ3n) is 4.48. The summed E-state index contributed by atoms with van der Waals surface area (Å²) in [6.07, 6.45) is 1.41. The van der Waals surface area contributed by atoms with Crippen LogP contribution in [0, 0.1) is 0 Å². The molecule has 0 radical (unpaired) electrons. The molecular weight excluding hydrogens is 348 g/mol. The summed E-state index contributed by atoms with van der Waals surface area (Å²) in [6, 6.07) is 15.7. The van der Waals surface area contributed by atoms with Gasteiger partial charge in [-0.25, -0.2) is 4.98 Å². The van der Waals surface area contributed by atoms with E-state index in [1.165, 1.54) is 17.8 Å². The molecule has 2 heterocycles. The van der Waals surface area contributed by atoms with E-state index in [4.69, 9.17) is 17.3 Å². The van der Waals surface area contributed by atoms with Gasteiger partial charge in [0.15, 0.2) is 0 Å². The molecule has 130 valence electrons. The van der Waals surface area contributed by atoms with Gasteiger partial charge in [0.05, 0.1) is 10.6 Å². The summed E-state index contributed by atoms with van der Waals surface area (Å²) in [5, 5.41) is 5.43. The maximum absolute atomic E-state index is 12.5. The Morgan fingerprint density at radius 1 is 1.15 bits per heavy atom. The maximum Gasteiger partial charge on any atom is 0.257 e. The lowest BCUT2D eigenvalue weighted by Crippen LogP contribution is -2.12. The van der Waals surface area contributed by atoms with Gasteiger partial charge in [0.25, 0.3) is 5.91 Å². The monoisotopic (exact) mass is 364 g/mol. The number of aromatic nitrogens is 2. The quantitative estimate of drug-likeness (QED) is 0.553. The first-order valence-electron chi connectivity index (χ1n) is 8.32. The molecule has 0 saturated heterocycles. The highest BCUT2D eigenvalue weighted by molar-refractivity contribution is 6.33. The Kier molecular flexibility index (Phi) is 4.01. The zero-order valence-corrected chi connectivity index (χ0v) is 14.9. The molecule has 0 spiro atoms. The van der Waals surface area contributed by atoms with Crippen molar-refractivity contribution in [1.82, 2.24) is 9.55 Å². The molecule has 26 heavy (non-hydrogen) atoms. The van der Waals surface area contributed by atoms with E-state index in [1.807, 2.05) is 30.3 Å². The number of nitrogen functional groups attached to an aromatic ring is 1. The Labute approximate surface area is 155 Å². The van der Waals surface area contributed by atoms with Crippen molar-refractivity contribution >= 4 is 50.8 Å². The highest BCUT2D eigenvalue weighted by Gasteiger charge is 2.12. The molecule has 1 amide bonds. The first-order chi connectivity index (χ1) is 12.6. The lowest BCUT2D eigenvalue weighted by molar-refractivity contribution is 0.102. The molecule has 5 nitrogen and oxygen atoms in total. The molecule has 0 aliphatic rings. The van der Waals surface area contributed by atoms with Crippen LogP contribution in [-0.2, 0) is 6.54 Å². The van der Waals surface area contributed by atoms with Crippen molar-refractivity contribution in [3.63, 3.8) is 0 Å². The zero-order valence-electron chi connectivity index (χ0n) is 14.2. The summed E-state index contributed by atoms with van der Waals surface area (Å²) >= 11 is 5.95. The van der Waals surface area contributed by atoms with E-state index >= 15 is 0 Å².